The largest absolute Gasteiger partial charge is 0.351 e. The molecule has 1 fully saturated rings. The van der Waals surface area contributed by atoms with E-state index in [1.165, 1.54) is 0 Å². The van der Waals surface area contributed by atoms with Gasteiger partial charge in [-0.3, -0.25) is 9.78 Å². The van der Waals surface area contributed by atoms with Crippen LogP contribution in [-0.4, -0.2) is 23.5 Å². The molecule has 0 radical (unpaired) electrons. The van der Waals surface area contributed by atoms with Crippen molar-refractivity contribution in [3.63, 3.8) is 0 Å². The van der Waals surface area contributed by atoms with E-state index in [2.05, 4.69) is 22.5 Å². The lowest BCUT2D eigenvalue weighted by Crippen LogP contribution is -2.42. The Morgan fingerprint density at radius 3 is 3.31 bits per heavy atom. The van der Waals surface area contributed by atoms with Crippen molar-refractivity contribution in [3.8, 4) is 0 Å². The minimum Gasteiger partial charge on any atom is -0.351 e. The number of nitrogens with one attached hydrogen (secondary N) is 2. The van der Waals surface area contributed by atoms with Gasteiger partial charge in [0.25, 0.3) is 0 Å². The summed E-state index contributed by atoms with van der Waals surface area (Å²) >= 11 is 1.57. The molecular formula is C11H17N3OS. The van der Waals surface area contributed by atoms with Crippen molar-refractivity contribution in [1.29, 1.82) is 0 Å². The van der Waals surface area contributed by atoms with Crippen molar-refractivity contribution in [2.75, 3.05) is 6.54 Å². The Balaban J connectivity index is 1.79. The lowest BCUT2D eigenvalue weighted by Gasteiger charge is -2.26. The third-order valence-electron chi connectivity index (χ3n) is 2.91. The summed E-state index contributed by atoms with van der Waals surface area (Å²) < 4.78 is 0. The molecule has 2 unspecified atom stereocenters. The highest BCUT2D eigenvalue weighted by Crippen LogP contribution is 2.16. The summed E-state index contributed by atoms with van der Waals surface area (Å²) in [6.07, 6.45) is 3.68. The van der Waals surface area contributed by atoms with Gasteiger partial charge in [-0.25, -0.2) is 0 Å². The first-order chi connectivity index (χ1) is 7.75. The number of hydrogen-bond acceptors (Lipinski definition) is 4. The summed E-state index contributed by atoms with van der Waals surface area (Å²) in [6, 6.07) is 0.452. The Kier molecular flexibility index (Phi) is 3.90. The maximum absolute atomic E-state index is 11.9. The van der Waals surface area contributed by atoms with Gasteiger partial charge >= 0.3 is 0 Å². The summed E-state index contributed by atoms with van der Waals surface area (Å²) in [6.45, 7) is 3.68. The molecule has 1 aromatic heterocycles. The number of nitrogens with zero attached hydrogens (tertiary/aromatic N) is 1. The smallest absolute Gasteiger partial charge is 0.223 e. The summed E-state index contributed by atoms with van der Waals surface area (Å²) in [5, 5.41) is 6.33. The normalized spacial score (nSPS) is 25.3. The fraction of sp³-hybridized carbons (Fsp3) is 0.636. The monoisotopic (exact) mass is 239 g/mol. The number of hydrogen-bond donors (Lipinski definition) is 2. The Morgan fingerprint density at radius 2 is 2.62 bits per heavy atom. The van der Waals surface area contributed by atoms with E-state index in [4.69, 9.17) is 0 Å². The fourth-order valence-corrected chi connectivity index (χ4v) is 2.55. The maximum Gasteiger partial charge on any atom is 0.223 e. The molecular weight excluding hydrogens is 222 g/mol. The van der Waals surface area contributed by atoms with Gasteiger partial charge in [-0.1, -0.05) is 0 Å². The van der Waals surface area contributed by atoms with Crippen LogP contribution in [0.5, 0.6) is 0 Å². The van der Waals surface area contributed by atoms with E-state index < -0.39 is 0 Å². The molecule has 5 heteroatoms. The van der Waals surface area contributed by atoms with E-state index in [0.29, 0.717) is 12.6 Å². The van der Waals surface area contributed by atoms with E-state index in [9.17, 15) is 4.79 Å². The Hall–Kier alpha value is -0.940. The van der Waals surface area contributed by atoms with Crippen molar-refractivity contribution in [3.05, 3.63) is 16.6 Å². The predicted molar refractivity (Wildman–Crippen MR) is 64.1 cm³/mol. The molecule has 0 aromatic carbocycles. The zero-order chi connectivity index (χ0) is 11.4. The first kappa shape index (κ1) is 11.5. The van der Waals surface area contributed by atoms with Gasteiger partial charge in [0.1, 0.15) is 0 Å². The van der Waals surface area contributed by atoms with Gasteiger partial charge in [-0.05, 0) is 26.3 Å². The molecule has 88 valence electrons. The number of rotatable bonds is 3. The molecule has 1 amide bonds. The summed E-state index contributed by atoms with van der Waals surface area (Å²) in [4.78, 5) is 17.0. The molecule has 0 aliphatic carbocycles. The first-order valence-corrected chi connectivity index (χ1v) is 6.52. The number of thiazole rings is 1. The molecule has 0 spiro atoms. The van der Waals surface area contributed by atoms with Crippen LogP contribution in [0, 0.1) is 5.92 Å². The zero-order valence-electron chi connectivity index (χ0n) is 9.40. The fourth-order valence-electron chi connectivity index (χ4n) is 2.02. The van der Waals surface area contributed by atoms with Gasteiger partial charge in [-0.2, -0.15) is 0 Å². The van der Waals surface area contributed by atoms with Gasteiger partial charge < -0.3 is 10.6 Å². The lowest BCUT2D eigenvalue weighted by atomic mass is 9.92. The second kappa shape index (κ2) is 5.41. The number of piperidine rings is 1. The van der Waals surface area contributed by atoms with Crippen molar-refractivity contribution < 1.29 is 4.79 Å². The van der Waals surface area contributed by atoms with E-state index in [1.807, 2.05) is 0 Å². The van der Waals surface area contributed by atoms with E-state index in [0.717, 1.165) is 24.3 Å². The number of carbonyl (C=O) groups excluding carboxylic acids is 1. The molecule has 1 saturated heterocycles. The Labute approximate surface area is 99.5 Å². The summed E-state index contributed by atoms with van der Waals surface area (Å²) in [5.41, 5.74) is 1.79. The third-order valence-corrected chi connectivity index (χ3v) is 3.69. The predicted octanol–water partition coefficient (Wildman–Crippen LogP) is 1.15. The third kappa shape index (κ3) is 3.02. The van der Waals surface area contributed by atoms with Crippen LogP contribution in [0.2, 0.25) is 0 Å². The molecule has 16 heavy (non-hydrogen) atoms. The highest BCUT2D eigenvalue weighted by molar-refractivity contribution is 7.09. The molecule has 2 atom stereocenters. The molecule has 0 saturated carbocycles. The molecule has 1 aliphatic rings. The molecule has 0 bridgehead atoms. The maximum atomic E-state index is 11.9. The second-order valence-corrected chi connectivity index (χ2v) is 5.23. The SMILES string of the molecule is CC1CC(C(=O)NCc2cncs2)CCN1. The van der Waals surface area contributed by atoms with Crippen LogP contribution in [0.3, 0.4) is 0 Å². The quantitative estimate of drug-likeness (QED) is 0.832. The van der Waals surface area contributed by atoms with Crippen LogP contribution in [0.1, 0.15) is 24.6 Å². The highest BCUT2D eigenvalue weighted by Gasteiger charge is 2.24. The first-order valence-electron chi connectivity index (χ1n) is 5.64. The number of amides is 1. The Morgan fingerprint density at radius 1 is 1.75 bits per heavy atom. The van der Waals surface area contributed by atoms with E-state index >= 15 is 0 Å². The van der Waals surface area contributed by atoms with Gasteiger partial charge in [0.2, 0.25) is 5.91 Å². The molecule has 2 heterocycles. The van der Waals surface area contributed by atoms with Crippen molar-refractivity contribution in [2.24, 2.45) is 5.92 Å². The van der Waals surface area contributed by atoms with Crippen molar-refractivity contribution >= 4 is 17.2 Å². The van der Waals surface area contributed by atoms with Gasteiger partial charge in [0.15, 0.2) is 0 Å². The molecule has 2 rings (SSSR count). The summed E-state index contributed by atoms with van der Waals surface area (Å²) in [7, 11) is 0. The van der Waals surface area contributed by atoms with Crippen molar-refractivity contribution in [1.82, 2.24) is 15.6 Å². The van der Waals surface area contributed by atoms with Crippen LogP contribution in [-0.2, 0) is 11.3 Å². The van der Waals surface area contributed by atoms with Gasteiger partial charge in [-0.15, -0.1) is 11.3 Å². The standard InChI is InChI=1S/C11H17N3OS/c1-8-4-9(2-3-13-8)11(15)14-6-10-5-12-7-16-10/h5,7-9,13H,2-4,6H2,1H3,(H,14,15). The lowest BCUT2D eigenvalue weighted by molar-refractivity contribution is -0.126. The molecule has 2 N–H and O–H groups in total. The number of aromatic nitrogens is 1. The Bertz CT molecular complexity index is 339. The average Bonchev–Trinajstić information content (AvgIpc) is 2.78. The van der Waals surface area contributed by atoms with Crippen LogP contribution in [0.25, 0.3) is 0 Å². The van der Waals surface area contributed by atoms with E-state index in [-0.39, 0.29) is 11.8 Å². The van der Waals surface area contributed by atoms with Crippen LogP contribution >= 0.6 is 11.3 Å². The minimum absolute atomic E-state index is 0.171. The second-order valence-electron chi connectivity index (χ2n) is 4.26. The van der Waals surface area contributed by atoms with E-state index in [1.54, 1.807) is 23.0 Å². The average molecular weight is 239 g/mol. The van der Waals surface area contributed by atoms with Gasteiger partial charge in [0.05, 0.1) is 12.1 Å². The molecule has 4 nitrogen and oxygen atoms in total. The van der Waals surface area contributed by atoms with Gasteiger partial charge in [0, 0.05) is 23.0 Å². The molecule has 1 aromatic rings. The van der Waals surface area contributed by atoms with Crippen molar-refractivity contribution in [2.45, 2.75) is 32.4 Å². The minimum atomic E-state index is 0.171. The zero-order valence-corrected chi connectivity index (χ0v) is 10.2. The number of carbonyl (C=O) groups is 1. The summed E-state index contributed by atoms with van der Waals surface area (Å²) in [5.74, 6) is 0.353. The highest BCUT2D eigenvalue weighted by atomic mass is 32.1. The van der Waals surface area contributed by atoms with Crippen LogP contribution < -0.4 is 10.6 Å². The molecule has 1 aliphatic heterocycles. The van der Waals surface area contributed by atoms with Crippen LogP contribution in [0.15, 0.2) is 11.7 Å². The van der Waals surface area contributed by atoms with Crippen LogP contribution in [0.4, 0.5) is 0 Å². The topological polar surface area (TPSA) is 54.0 Å².